The van der Waals surface area contributed by atoms with Crippen LogP contribution < -0.4 is 16.4 Å². The van der Waals surface area contributed by atoms with E-state index in [2.05, 4.69) is 20.6 Å². The van der Waals surface area contributed by atoms with Crippen LogP contribution in [0.4, 0.5) is 16.3 Å². The Morgan fingerprint density at radius 1 is 1.17 bits per heavy atom. The van der Waals surface area contributed by atoms with Crippen LogP contribution in [-0.4, -0.2) is 35.7 Å². The van der Waals surface area contributed by atoms with Crippen LogP contribution in [0.5, 0.6) is 0 Å². The molecule has 30 heavy (non-hydrogen) atoms. The second-order valence-corrected chi connectivity index (χ2v) is 11.5. The molecule has 1 aliphatic carbocycles. The average molecular weight is 432 g/mol. The summed E-state index contributed by atoms with van der Waals surface area (Å²) in [5.74, 6) is 0.534. The number of sulfone groups is 1. The summed E-state index contributed by atoms with van der Waals surface area (Å²) in [7, 11) is -3.47. The van der Waals surface area contributed by atoms with E-state index in [1.807, 2.05) is 0 Å². The summed E-state index contributed by atoms with van der Waals surface area (Å²) in [5.41, 5.74) is 7.62. The van der Waals surface area contributed by atoms with Crippen molar-refractivity contribution in [2.24, 2.45) is 0 Å². The maximum Gasteiger partial charge on any atom is 0.319 e. The highest BCUT2D eigenvalue weighted by molar-refractivity contribution is 7.92. The van der Waals surface area contributed by atoms with Crippen molar-refractivity contribution >= 4 is 27.4 Å². The van der Waals surface area contributed by atoms with Gasteiger partial charge in [-0.1, -0.05) is 0 Å². The van der Waals surface area contributed by atoms with Crippen molar-refractivity contribution in [3.8, 4) is 11.4 Å². The predicted octanol–water partition coefficient (Wildman–Crippen LogP) is 3.46. The highest BCUT2D eigenvalue weighted by Gasteiger charge is 2.40. The van der Waals surface area contributed by atoms with Crippen molar-refractivity contribution in [2.45, 2.75) is 63.0 Å². The normalized spacial score (nSPS) is 15.0. The molecule has 2 aromatic rings. The van der Waals surface area contributed by atoms with Gasteiger partial charge in [0.25, 0.3) is 0 Å². The van der Waals surface area contributed by atoms with E-state index < -0.39 is 19.8 Å². The van der Waals surface area contributed by atoms with E-state index >= 15 is 0 Å². The van der Waals surface area contributed by atoms with E-state index in [0.29, 0.717) is 22.8 Å². The first-order valence-electron chi connectivity index (χ1n) is 10.1. The van der Waals surface area contributed by atoms with Crippen molar-refractivity contribution in [1.29, 1.82) is 0 Å². The molecular weight excluding hydrogens is 402 g/mol. The summed E-state index contributed by atoms with van der Waals surface area (Å²) in [6, 6.07) is 8.56. The third kappa shape index (κ3) is 4.40. The largest absolute Gasteiger partial charge is 0.384 e. The predicted molar refractivity (Wildman–Crippen MR) is 119 cm³/mol. The lowest BCUT2D eigenvalue weighted by molar-refractivity contribution is 0.240. The Balaban J connectivity index is 1.83. The molecule has 1 fully saturated rings. The van der Waals surface area contributed by atoms with E-state index in [1.54, 1.807) is 52.0 Å². The van der Waals surface area contributed by atoms with Crippen LogP contribution in [0.15, 0.2) is 30.3 Å². The third-order valence-corrected chi connectivity index (χ3v) is 8.41. The molecule has 1 aromatic carbocycles. The van der Waals surface area contributed by atoms with Gasteiger partial charge >= 0.3 is 6.03 Å². The third-order valence-electron chi connectivity index (χ3n) is 5.54. The number of hydrogen-bond acceptors (Lipinski definition) is 6. The topological polar surface area (TPSA) is 127 Å². The summed E-state index contributed by atoms with van der Waals surface area (Å²) in [6.45, 7) is 6.55. The number of anilines is 2. The zero-order chi connectivity index (χ0) is 22.1. The van der Waals surface area contributed by atoms with Gasteiger partial charge in [0, 0.05) is 23.4 Å². The van der Waals surface area contributed by atoms with Crippen LogP contribution in [0, 0.1) is 0 Å². The highest BCUT2D eigenvalue weighted by Crippen LogP contribution is 2.33. The molecular formula is C21H29N5O3S. The number of benzene rings is 1. The van der Waals surface area contributed by atoms with Crippen LogP contribution in [0.2, 0.25) is 0 Å². The minimum absolute atomic E-state index is 0.198. The second kappa shape index (κ2) is 8.22. The first kappa shape index (κ1) is 22.0. The molecule has 0 saturated heterocycles. The zero-order valence-corrected chi connectivity index (χ0v) is 18.6. The van der Waals surface area contributed by atoms with Crippen molar-refractivity contribution < 1.29 is 13.2 Å². The van der Waals surface area contributed by atoms with Crippen LogP contribution >= 0.6 is 0 Å². The fourth-order valence-electron chi connectivity index (χ4n) is 3.25. The van der Waals surface area contributed by atoms with Crippen LogP contribution in [0.1, 0.15) is 52.7 Å². The summed E-state index contributed by atoms with van der Waals surface area (Å²) in [5, 5.41) is 5.17. The Bertz CT molecular complexity index is 1030. The number of carbonyl (C=O) groups is 1. The van der Waals surface area contributed by atoms with Crippen LogP contribution in [-0.2, 0) is 14.6 Å². The fourth-order valence-corrected chi connectivity index (χ4v) is 4.82. The molecule has 3 rings (SSSR count). The van der Waals surface area contributed by atoms with Crippen LogP contribution in [0.25, 0.3) is 11.4 Å². The SMILES string of the molecule is CC(C)S(=O)(=O)C(C)(C)c1cc(N)nc(-c2ccc(NC(=O)NC3CCC3)cc2)n1. The fraction of sp³-hybridized carbons (Fsp3) is 0.476. The molecule has 1 aliphatic rings. The number of amides is 2. The van der Waals surface area contributed by atoms with Crippen molar-refractivity contribution in [3.05, 3.63) is 36.0 Å². The van der Waals surface area contributed by atoms with E-state index in [-0.39, 0.29) is 17.9 Å². The summed E-state index contributed by atoms with van der Waals surface area (Å²) in [4.78, 5) is 20.8. The van der Waals surface area contributed by atoms with Gasteiger partial charge in [-0.05, 0) is 71.2 Å². The molecule has 0 unspecified atom stereocenters. The van der Waals surface area contributed by atoms with Gasteiger partial charge in [-0.15, -0.1) is 0 Å². The van der Waals surface area contributed by atoms with E-state index in [4.69, 9.17) is 5.73 Å². The van der Waals surface area contributed by atoms with E-state index in [0.717, 1.165) is 19.3 Å². The molecule has 0 spiro atoms. The molecule has 1 saturated carbocycles. The molecule has 1 aromatic heterocycles. The highest BCUT2D eigenvalue weighted by atomic mass is 32.2. The van der Waals surface area contributed by atoms with Gasteiger partial charge < -0.3 is 16.4 Å². The first-order chi connectivity index (χ1) is 14.0. The standard InChI is InChI=1S/C21H29N5O3S/c1-13(2)30(28,29)21(3,4)17-12-18(22)26-19(25-17)14-8-10-16(11-9-14)24-20(27)23-15-6-5-7-15/h8-13,15H,5-7H2,1-4H3,(H2,22,25,26)(H2,23,24,27). The molecule has 9 heteroatoms. The molecule has 0 bridgehead atoms. The first-order valence-corrected chi connectivity index (χ1v) is 11.6. The Kier molecular flexibility index (Phi) is 6.03. The van der Waals surface area contributed by atoms with Crippen molar-refractivity contribution in [2.75, 3.05) is 11.1 Å². The lowest BCUT2D eigenvalue weighted by atomic mass is 9.93. The van der Waals surface area contributed by atoms with Crippen molar-refractivity contribution in [3.63, 3.8) is 0 Å². The molecule has 1 heterocycles. The quantitative estimate of drug-likeness (QED) is 0.643. The number of rotatable bonds is 6. The summed E-state index contributed by atoms with van der Waals surface area (Å²) >= 11 is 0. The number of nitrogens with zero attached hydrogens (tertiary/aromatic N) is 2. The van der Waals surface area contributed by atoms with Gasteiger partial charge in [0.15, 0.2) is 15.7 Å². The second-order valence-electron chi connectivity index (χ2n) is 8.41. The molecule has 4 N–H and O–H groups in total. The van der Waals surface area contributed by atoms with E-state index in [1.165, 1.54) is 6.07 Å². The maximum absolute atomic E-state index is 12.8. The minimum Gasteiger partial charge on any atom is -0.384 e. The maximum atomic E-state index is 12.8. The number of urea groups is 1. The van der Waals surface area contributed by atoms with Gasteiger partial charge in [-0.25, -0.2) is 23.2 Å². The molecule has 0 aliphatic heterocycles. The monoisotopic (exact) mass is 431 g/mol. The number of nitrogen functional groups attached to an aromatic ring is 1. The van der Waals surface area contributed by atoms with Gasteiger partial charge in [0.05, 0.1) is 10.9 Å². The Labute approximate surface area is 177 Å². The van der Waals surface area contributed by atoms with Gasteiger partial charge in [-0.2, -0.15) is 0 Å². The number of aromatic nitrogens is 2. The summed E-state index contributed by atoms with van der Waals surface area (Å²) in [6.07, 6.45) is 3.19. The van der Waals surface area contributed by atoms with Crippen LogP contribution in [0.3, 0.4) is 0 Å². The zero-order valence-electron chi connectivity index (χ0n) is 17.8. The molecule has 162 valence electrons. The van der Waals surface area contributed by atoms with Gasteiger partial charge in [0.1, 0.15) is 10.6 Å². The van der Waals surface area contributed by atoms with Gasteiger partial charge in [0.2, 0.25) is 0 Å². The van der Waals surface area contributed by atoms with Gasteiger partial charge in [-0.3, -0.25) is 0 Å². The average Bonchev–Trinajstić information content (AvgIpc) is 2.64. The molecule has 0 atom stereocenters. The van der Waals surface area contributed by atoms with Crippen molar-refractivity contribution in [1.82, 2.24) is 15.3 Å². The molecule has 8 nitrogen and oxygen atoms in total. The minimum atomic E-state index is -3.47. The Morgan fingerprint density at radius 2 is 1.80 bits per heavy atom. The van der Waals surface area contributed by atoms with E-state index in [9.17, 15) is 13.2 Å². The summed E-state index contributed by atoms with van der Waals surface area (Å²) < 4.78 is 24.4. The number of nitrogens with two attached hydrogens (primary N) is 1. The molecule has 0 radical (unpaired) electrons. The lowest BCUT2D eigenvalue weighted by Crippen LogP contribution is -2.41. The number of hydrogen-bond donors (Lipinski definition) is 3. The number of nitrogens with one attached hydrogen (secondary N) is 2. The molecule has 2 amide bonds. The Hall–Kier alpha value is -2.68. The Morgan fingerprint density at radius 3 is 2.33 bits per heavy atom. The lowest BCUT2D eigenvalue weighted by Gasteiger charge is -2.27. The smallest absolute Gasteiger partial charge is 0.319 e. The number of carbonyl (C=O) groups excluding carboxylic acids is 1.